The molecule has 4 aromatic rings. The van der Waals surface area contributed by atoms with Crippen LogP contribution in [0.2, 0.25) is 95.8 Å². The average molecular weight is 1200 g/mol. The summed E-state index contributed by atoms with van der Waals surface area (Å²) in [7, 11) is -2.24. The average Bonchev–Trinajstić information content (AvgIpc) is 3.53. The van der Waals surface area contributed by atoms with E-state index in [2.05, 4.69) is 111 Å². The van der Waals surface area contributed by atoms with Crippen molar-refractivity contribution in [1.29, 1.82) is 0 Å². The van der Waals surface area contributed by atoms with Gasteiger partial charge in [-0.2, -0.15) is 5.10 Å². The minimum absolute atomic E-state index is 0.0714. The number of rotatable bonds is 13. The second kappa shape index (κ2) is 23.2. The number of hydrogen-bond acceptors (Lipinski definition) is 8. The SMILES string of the molecule is C[Si](C)(C)CCOCn1n[c]([Sn]([CH3])([CH3])[CH3])c2ccc([N+](=O)[O-])cc21.C[Si](C)(C)CCOCn1nc(I)c2ccc([N+](=O)[O-])cc21.[CH3][Sn]([CH3])[CH3].[CH3][Sn]([CH3])[CH3]. The van der Waals surface area contributed by atoms with Crippen LogP contribution in [0.3, 0.4) is 0 Å². The van der Waals surface area contributed by atoms with E-state index >= 15 is 0 Å². The predicted molar refractivity (Wildman–Crippen MR) is 243 cm³/mol. The summed E-state index contributed by atoms with van der Waals surface area (Å²) in [5, 5.41) is 33.1. The molecule has 0 fully saturated rings. The molecule has 2 aromatic heterocycles. The fraction of sp³-hybridized carbons (Fsp3) is 0.600. The third-order valence-corrected chi connectivity index (χ3v) is 16.3. The summed E-state index contributed by atoms with van der Waals surface area (Å²) in [6.07, 6.45) is 0. The van der Waals surface area contributed by atoms with Crippen molar-refractivity contribution in [3.8, 4) is 0 Å². The van der Waals surface area contributed by atoms with E-state index in [9.17, 15) is 20.2 Å². The van der Waals surface area contributed by atoms with Crippen LogP contribution in [-0.4, -0.2) is 117 Å². The Morgan fingerprint density at radius 1 is 0.698 bits per heavy atom. The van der Waals surface area contributed by atoms with Crippen molar-refractivity contribution < 1.29 is 19.3 Å². The zero-order valence-electron chi connectivity index (χ0n) is 34.7. The monoisotopic (exact) mass is 1210 g/mol. The molecule has 0 amide bonds. The molecule has 2 radical (unpaired) electrons. The van der Waals surface area contributed by atoms with Gasteiger partial charge >= 0.3 is 218 Å². The first-order chi connectivity index (χ1) is 24.2. The summed E-state index contributed by atoms with van der Waals surface area (Å²) in [5.41, 5.74) is 1.71. The van der Waals surface area contributed by atoms with Crippen molar-refractivity contribution in [2.75, 3.05) is 13.2 Å². The molecular weight excluding hydrogens is 1140 g/mol. The van der Waals surface area contributed by atoms with Gasteiger partial charge in [-0.25, -0.2) is 4.68 Å². The molecule has 0 aliphatic heterocycles. The van der Waals surface area contributed by atoms with Crippen LogP contribution in [0.15, 0.2) is 36.4 Å². The second-order valence-corrected chi connectivity index (χ2v) is 61.1. The summed E-state index contributed by atoms with van der Waals surface area (Å²) < 4.78 is 16.9. The predicted octanol–water partition coefficient (Wildman–Crippen LogP) is 10.4. The van der Waals surface area contributed by atoms with Gasteiger partial charge in [-0.1, -0.05) is 19.6 Å². The zero-order chi connectivity index (χ0) is 40.9. The van der Waals surface area contributed by atoms with E-state index in [0.717, 1.165) is 41.3 Å². The topological polar surface area (TPSA) is 140 Å². The van der Waals surface area contributed by atoms with Crippen LogP contribution in [0.25, 0.3) is 21.8 Å². The maximum absolute atomic E-state index is 11.1. The van der Waals surface area contributed by atoms with Crippen molar-refractivity contribution >= 4 is 134 Å². The first-order valence-corrected chi connectivity index (χ1v) is 53.5. The van der Waals surface area contributed by atoms with Gasteiger partial charge in [-0.3, -0.25) is 10.1 Å². The van der Waals surface area contributed by atoms with Crippen LogP contribution >= 0.6 is 22.6 Å². The van der Waals surface area contributed by atoms with Crippen molar-refractivity contribution in [3.05, 3.63) is 60.3 Å². The van der Waals surface area contributed by atoms with Crippen LogP contribution in [0.4, 0.5) is 11.4 Å². The van der Waals surface area contributed by atoms with Crippen LogP contribution in [0, 0.1) is 23.9 Å². The fourth-order valence-corrected chi connectivity index (χ4v) is 10.7. The number of nitrogens with zero attached hydrogens (tertiary/aromatic N) is 6. The Bertz CT molecular complexity index is 1760. The van der Waals surface area contributed by atoms with Gasteiger partial charge in [0.15, 0.2) is 0 Å². The summed E-state index contributed by atoms with van der Waals surface area (Å²) >= 11 is -1.38. The molecule has 0 spiro atoms. The van der Waals surface area contributed by atoms with Gasteiger partial charge in [0, 0.05) is 32.2 Å². The van der Waals surface area contributed by atoms with Crippen molar-refractivity contribution in [2.45, 2.75) is 109 Å². The van der Waals surface area contributed by atoms with E-state index in [1.807, 2.05) is 6.07 Å². The molecule has 12 nitrogen and oxygen atoms in total. The summed E-state index contributed by atoms with van der Waals surface area (Å²) in [6, 6.07) is 12.0. The van der Waals surface area contributed by atoms with Gasteiger partial charge < -0.3 is 4.74 Å². The van der Waals surface area contributed by atoms with Gasteiger partial charge in [-0.15, -0.1) is 0 Å². The van der Waals surface area contributed by atoms with Crippen LogP contribution in [0.1, 0.15) is 0 Å². The van der Waals surface area contributed by atoms with Gasteiger partial charge in [0.2, 0.25) is 0 Å². The zero-order valence-corrected chi connectivity index (χ0v) is 47.4. The molecule has 0 saturated heterocycles. The van der Waals surface area contributed by atoms with Gasteiger partial charge in [-0.05, 0) is 34.7 Å². The molecule has 18 heteroatoms. The molecule has 0 bridgehead atoms. The first kappa shape index (κ1) is 50.7. The number of halogens is 1. The molecule has 0 saturated carbocycles. The van der Waals surface area contributed by atoms with Gasteiger partial charge in [0.05, 0.1) is 10.4 Å². The summed E-state index contributed by atoms with van der Waals surface area (Å²) in [5.74, 6) is 0. The van der Waals surface area contributed by atoms with Crippen molar-refractivity contribution in [2.24, 2.45) is 0 Å². The number of benzene rings is 2. The normalized spacial score (nSPS) is 11.9. The van der Waals surface area contributed by atoms with Crippen molar-refractivity contribution in [1.82, 2.24) is 19.6 Å². The van der Waals surface area contributed by atoms with Gasteiger partial charge in [0.1, 0.15) is 10.4 Å². The second-order valence-electron chi connectivity index (χ2n) is 17.5. The van der Waals surface area contributed by atoms with Gasteiger partial charge in [0.25, 0.3) is 5.69 Å². The minimum atomic E-state index is -2.42. The number of ether oxygens (including phenoxy) is 2. The van der Waals surface area contributed by atoms with E-state index < -0.39 is 79.0 Å². The number of nitro groups is 2. The molecule has 0 aliphatic rings. The number of hydrogen-bond donors (Lipinski definition) is 0. The molecule has 2 heterocycles. The number of non-ortho nitro benzene ring substituents is 2. The Hall–Kier alpha value is -0.340. The molecular formula is C35H63IN6O6Si2Sn3. The molecule has 0 N–H and O–H groups in total. The maximum atomic E-state index is 11.1. The molecule has 296 valence electrons. The van der Waals surface area contributed by atoms with Crippen LogP contribution < -0.4 is 3.71 Å². The van der Waals surface area contributed by atoms with Crippen LogP contribution in [-0.2, 0) is 22.9 Å². The summed E-state index contributed by atoms with van der Waals surface area (Å²) in [4.78, 5) is 42.3. The quantitative estimate of drug-likeness (QED) is 0.0424. The molecule has 0 unspecified atom stereocenters. The van der Waals surface area contributed by atoms with Crippen LogP contribution in [0.5, 0.6) is 0 Å². The standard InChI is InChI=1S/C13H18IN3O3Si.C13H18N3O3Si.9CH3.3Sn/c1-21(2,3)7-6-20-9-16-12-8-10(17(18)19)4-5-11(12)13(14)15-16;1-20(2,3)7-6-19-10-15-13-8-12(16(17)18)5-4-11(13)9-14-15;;;;;;;;;;;;/h4-5,8H,6-7,9H2,1-3H3;4-5,8H,6-7,10H2,1-3H3;9*1H3;;;. The Balaban J connectivity index is 0.000000443. The third kappa shape index (κ3) is 20.1. The molecule has 2 aromatic carbocycles. The van der Waals surface area contributed by atoms with E-state index in [1.54, 1.807) is 33.6 Å². The first-order valence-electron chi connectivity index (χ1n) is 17.9. The fourth-order valence-electron chi connectivity index (χ4n) is 4.32. The molecule has 0 aliphatic carbocycles. The molecule has 0 atom stereocenters. The Morgan fingerprint density at radius 2 is 1.06 bits per heavy atom. The molecule has 53 heavy (non-hydrogen) atoms. The number of fused-ring (bicyclic) bond motifs is 2. The van der Waals surface area contributed by atoms with Crippen molar-refractivity contribution in [3.63, 3.8) is 0 Å². The Kier molecular flexibility index (Phi) is 22.1. The molecule has 4 rings (SSSR count). The Labute approximate surface area is 351 Å². The number of aromatic nitrogens is 4. The van der Waals surface area contributed by atoms with E-state index in [0.29, 0.717) is 26.7 Å². The van der Waals surface area contributed by atoms with E-state index in [4.69, 9.17) is 14.6 Å². The Morgan fingerprint density at radius 3 is 1.42 bits per heavy atom. The third-order valence-electron chi connectivity index (χ3n) is 6.98. The summed E-state index contributed by atoms with van der Waals surface area (Å²) in [6.45, 7) is 15.9. The van der Waals surface area contributed by atoms with E-state index in [1.165, 1.54) is 6.07 Å². The van der Waals surface area contributed by atoms with E-state index in [-0.39, 0.29) is 16.3 Å². The number of nitro benzene ring substituents is 2.